The van der Waals surface area contributed by atoms with Crippen molar-refractivity contribution >= 4 is 39.8 Å². The monoisotopic (exact) mass is 343 g/mol. The number of nitrogens with one attached hydrogen (secondary N) is 1. The number of thiocarbonyl (C=S) groups is 1. The highest BCUT2D eigenvalue weighted by Gasteiger charge is 2.40. The molecule has 1 aromatic heterocycles. The van der Waals surface area contributed by atoms with Gasteiger partial charge in [-0.15, -0.1) is 0 Å². The van der Waals surface area contributed by atoms with Gasteiger partial charge in [0.2, 0.25) is 0 Å². The van der Waals surface area contributed by atoms with Gasteiger partial charge in [0.25, 0.3) is 0 Å². The summed E-state index contributed by atoms with van der Waals surface area (Å²) in [5.74, 6) is 0.664. The molecule has 2 aromatic carbocycles. The number of hydrogen-bond acceptors (Lipinski definition) is 2. The lowest BCUT2D eigenvalue weighted by Gasteiger charge is -2.19. The molecular formula is C17H11ClFN3S. The Hall–Kier alpha value is -1.98. The summed E-state index contributed by atoms with van der Waals surface area (Å²) in [7, 11) is 0. The van der Waals surface area contributed by atoms with Crippen molar-refractivity contribution < 1.29 is 4.39 Å². The van der Waals surface area contributed by atoms with Crippen molar-refractivity contribution in [2.24, 2.45) is 0 Å². The number of hydrogen-bond donors (Lipinski definition) is 1. The zero-order chi connectivity index (χ0) is 15.7. The minimum Gasteiger partial charge on any atom is -0.366 e. The van der Waals surface area contributed by atoms with Gasteiger partial charge in [-0.2, -0.15) is 0 Å². The molecule has 3 aromatic rings. The number of nitrogens with zero attached hydrogens (tertiary/aromatic N) is 2. The maximum absolute atomic E-state index is 14.6. The lowest BCUT2D eigenvalue weighted by Crippen LogP contribution is -2.27. The fourth-order valence-electron chi connectivity index (χ4n) is 3.77. The summed E-state index contributed by atoms with van der Waals surface area (Å²) in [6, 6.07) is 10.5. The van der Waals surface area contributed by atoms with Crippen molar-refractivity contribution in [2.75, 3.05) is 0 Å². The van der Waals surface area contributed by atoms with Crippen LogP contribution in [0.4, 0.5) is 4.39 Å². The highest BCUT2D eigenvalue weighted by Crippen LogP contribution is 2.45. The average Bonchev–Trinajstić information content (AvgIpc) is 3.00. The van der Waals surface area contributed by atoms with Gasteiger partial charge in [0.15, 0.2) is 0 Å². The number of imidazole rings is 1. The first-order valence-corrected chi connectivity index (χ1v) is 8.19. The Labute approximate surface area is 142 Å². The normalized spacial score (nSPS) is 21.7. The molecule has 0 fully saturated rings. The molecule has 0 unspecified atom stereocenters. The zero-order valence-corrected chi connectivity index (χ0v) is 13.5. The lowest BCUT2D eigenvalue weighted by molar-refractivity contribution is 0.538. The number of rotatable bonds is 0. The van der Waals surface area contributed by atoms with E-state index in [1.165, 1.54) is 6.07 Å². The van der Waals surface area contributed by atoms with Gasteiger partial charge in [0.05, 0.1) is 23.1 Å². The molecule has 5 rings (SSSR count). The molecule has 2 aliphatic rings. The molecule has 23 heavy (non-hydrogen) atoms. The number of benzene rings is 2. The predicted octanol–water partition coefficient (Wildman–Crippen LogP) is 4.14. The van der Waals surface area contributed by atoms with E-state index in [-0.39, 0.29) is 17.9 Å². The van der Waals surface area contributed by atoms with Gasteiger partial charge in [-0.25, -0.2) is 9.37 Å². The van der Waals surface area contributed by atoms with E-state index >= 15 is 0 Å². The number of halogens is 2. The van der Waals surface area contributed by atoms with Crippen LogP contribution in [0.2, 0.25) is 5.02 Å². The fourth-order valence-corrected chi connectivity index (χ4v) is 4.26. The second kappa shape index (κ2) is 4.52. The van der Waals surface area contributed by atoms with Crippen LogP contribution in [0.25, 0.3) is 11.0 Å². The third-order valence-corrected chi connectivity index (χ3v) is 5.27. The second-order valence-corrected chi connectivity index (χ2v) is 6.80. The van der Waals surface area contributed by atoms with E-state index in [0.29, 0.717) is 15.6 Å². The Morgan fingerprint density at radius 3 is 3.04 bits per heavy atom. The van der Waals surface area contributed by atoms with Crippen LogP contribution in [-0.4, -0.2) is 14.5 Å². The molecule has 2 atom stereocenters. The highest BCUT2D eigenvalue weighted by molar-refractivity contribution is 7.80. The zero-order valence-electron chi connectivity index (χ0n) is 11.9. The number of aromatic nitrogens is 2. The molecule has 2 bridgehead atoms. The Balaban J connectivity index is 1.86. The molecule has 3 nitrogen and oxygen atoms in total. The maximum Gasteiger partial charge on any atom is 0.133 e. The summed E-state index contributed by atoms with van der Waals surface area (Å²) in [6.07, 6.45) is 0.735. The van der Waals surface area contributed by atoms with Crippen LogP contribution in [0.1, 0.15) is 35.5 Å². The van der Waals surface area contributed by atoms with Crippen molar-refractivity contribution in [2.45, 2.75) is 18.5 Å². The summed E-state index contributed by atoms with van der Waals surface area (Å²) >= 11 is 11.6. The topological polar surface area (TPSA) is 29.9 Å². The Morgan fingerprint density at radius 2 is 2.17 bits per heavy atom. The van der Waals surface area contributed by atoms with E-state index in [4.69, 9.17) is 28.8 Å². The molecule has 3 heterocycles. The maximum atomic E-state index is 14.6. The first kappa shape index (κ1) is 13.5. The van der Waals surface area contributed by atoms with Crippen molar-refractivity contribution in [3.63, 3.8) is 0 Å². The van der Waals surface area contributed by atoms with Crippen LogP contribution in [-0.2, 0) is 0 Å². The largest absolute Gasteiger partial charge is 0.366 e. The molecule has 0 radical (unpaired) electrons. The predicted molar refractivity (Wildman–Crippen MR) is 91.5 cm³/mol. The van der Waals surface area contributed by atoms with E-state index in [1.807, 2.05) is 24.3 Å². The van der Waals surface area contributed by atoms with Gasteiger partial charge in [-0.3, -0.25) is 0 Å². The molecule has 0 saturated carbocycles. The van der Waals surface area contributed by atoms with E-state index in [0.717, 1.165) is 28.8 Å². The molecule has 0 spiro atoms. The van der Waals surface area contributed by atoms with Crippen molar-refractivity contribution in [3.05, 3.63) is 64.2 Å². The molecule has 0 amide bonds. The third kappa shape index (κ3) is 1.75. The van der Waals surface area contributed by atoms with Crippen LogP contribution in [0, 0.1) is 5.82 Å². The van der Waals surface area contributed by atoms with Gasteiger partial charge < -0.3 is 9.88 Å². The first-order chi connectivity index (χ1) is 11.1. The molecule has 0 aliphatic carbocycles. The molecule has 114 valence electrons. The van der Waals surface area contributed by atoms with E-state index in [2.05, 4.69) is 9.88 Å². The van der Waals surface area contributed by atoms with E-state index < -0.39 is 0 Å². The first-order valence-electron chi connectivity index (χ1n) is 7.40. The Morgan fingerprint density at radius 1 is 1.30 bits per heavy atom. The van der Waals surface area contributed by atoms with Gasteiger partial charge in [-0.05, 0) is 30.7 Å². The van der Waals surface area contributed by atoms with Crippen LogP contribution >= 0.6 is 23.8 Å². The van der Waals surface area contributed by atoms with Gasteiger partial charge in [-0.1, -0.05) is 36.0 Å². The smallest absolute Gasteiger partial charge is 0.133 e. The summed E-state index contributed by atoms with van der Waals surface area (Å²) < 4.78 is 16.7. The van der Waals surface area contributed by atoms with Gasteiger partial charge in [0.1, 0.15) is 16.6 Å². The fraction of sp³-hybridized carbons (Fsp3) is 0.176. The average molecular weight is 344 g/mol. The van der Waals surface area contributed by atoms with Gasteiger partial charge in [0, 0.05) is 16.1 Å². The summed E-state index contributed by atoms with van der Waals surface area (Å²) in [5.41, 5.74) is 3.21. The van der Waals surface area contributed by atoms with Crippen LogP contribution in [0.5, 0.6) is 0 Å². The van der Waals surface area contributed by atoms with Crippen molar-refractivity contribution in [1.29, 1.82) is 0 Å². The molecule has 0 saturated heterocycles. The minimum absolute atomic E-state index is 0.00882. The van der Waals surface area contributed by atoms with Crippen LogP contribution in [0.15, 0.2) is 36.4 Å². The summed E-state index contributed by atoms with van der Waals surface area (Å²) in [6.45, 7) is 0. The minimum atomic E-state index is -0.228. The quantitative estimate of drug-likeness (QED) is 0.622. The summed E-state index contributed by atoms with van der Waals surface area (Å²) in [5, 5.41) is 3.98. The lowest BCUT2D eigenvalue weighted by atomic mass is 9.98. The van der Waals surface area contributed by atoms with Crippen molar-refractivity contribution in [3.8, 4) is 0 Å². The molecule has 2 aliphatic heterocycles. The van der Waals surface area contributed by atoms with Crippen LogP contribution in [0.3, 0.4) is 0 Å². The third-order valence-electron chi connectivity index (χ3n) is 4.70. The Bertz CT molecular complexity index is 997. The number of fused-ring (bicyclic) bond motifs is 9. The van der Waals surface area contributed by atoms with Crippen LogP contribution < -0.4 is 5.32 Å². The Kier molecular flexibility index (Phi) is 2.65. The summed E-state index contributed by atoms with van der Waals surface area (Å²) in [4.78, 5) is 5.30. The van der Waals surface area contributed by atoms with Crippen molar-refractivity contribution in [1.82, 2.24) is 14.9 Å². The molecular weight excluding hydrogens is 333 g/mol. The highest BCUT2D eigenvalue weighted by atomic mass is 35.5. The van der Waals surface area contributed by atoms with Gasteiger partial charge >= 0.3 is 0 Å². The SMILES string of the molecule is Fc1cccc2c1[C@@H]1C[C@H](NC2=S)c2nc3ccc(Cl)cc3n21. The standard InChI is InChI=1S/C17H11ClFN3S/c18-8-4-5-11-13(6-8)22-14-7-12(16(22)20-11)21-17(23)9-2-1-3-10(19)15(9)14/h1-6,12,14H,7H2,(H,21,23)/t12-,14-/m0/s1. The van der Waals surface area contributed by atoms with E-state index in [9.17, 15) is 4.39 Å². The second-order valence-electron chi connectivity index (χ2n) is 5.95. The molecule has 6 heteroatoms. The molecule has 1 N–H and O–H groups in total. The van der Waals surface area contributed by atoms with E-state index in [1.54, 1.807) is 6.07 Å².